The van der Waals surface area contributed by atoms with Crippen LogP contribution in [-0.2, 0) is 10.0 Å². The first-order chi connectivity index (χ1) is 9.78. The van der Waals surface area contributed by atoms with Crippen LogP contribution < -0.4 is 4.72 Å². The predicted molar refractivity (Wildman–Crippen MR) is 80.1 cm³/mol. The third kappa shape index (κ3) is 3.71. The van der Waals surface area contributed by atoms with Gasteiger partial charge < -0.3 is 0 Å². The highest BCUT2D eigenvalue weighted by Crippen LogP contribution is 2.26. The molecule has 0 atom stereocenters. The Hall–Kier alpha value is -2.12. The van der Waals surface area contributed by atoms with Crippen LogP contribution in [0.25, 0.3) is 0 Å². The number of hydrogen-bond donors (Lipinski definition) is 1. The van der Waals surface area contributed by atoms with E-state index in [1.807, 2.05) is 6.92 Å². The highest BCUT2D eigenvalue weighted by molar-refractivity contribution is 7.92. The Balaban J connectivity index is 2.36. The van der Waals surface area contributed by atoms with E-state index >= 15 is 0 Å². The molecule has 0 bridgehead atoms. The van der Waals surface area contributed by atoms with Crippen LogP contribution in [0.15, 0.2) is 47.4 Å². The average Bonchev–Trinajstić information content (AvgIpc) is 2.37. The average molecular weight is 327 g/mol. The van der Waals surface area contributed by atoms with Gasteiger partial charge in [-0.25, -0.2) is 8.42 Å². The number of nitro benzene ring substituents is 1. The van der Waals surface area contributed by atoms with Crippen molar-refractivity contribution in [3.63, 3.8) is 0 Å². The minimum Gasteiger partial charge on any atom is -0.279 e. The summed E-state index contributed by atoms with van der Waals surface area (Å²) < 4.78 is 26.6. The van der Waals surface area contributed by atoms with Crippen molar-refractivity contribution in [3.05, 3.63) is 63.2 Å². The van der Waals surface area contributed by atoms with Gasteiger partial charge in [0.05, 0.1) is 15.5 Å². The van der Waals surface area contributed by atoms with Crippen molar-refractivity contribution in [3.8, 4) is 0 Å². The Morgan fingerprint density at radius 1 is 1.14 bits per heavy atom. The molecule has 2 rings (SSSR count). The maximum Gasteiger partial charge on any atom is 0.273 e. The molecule has 6 nitrogen and oxygen atoms in total. The molecular weight excluding hydrogens is 316 g/mol. The SMILES string of the molecule is Cc1ccc(S(=O)(=O)Nc2cc(Cl)cc([N+](=O)[O-])c2)cc1. The quantitative estimate of drug-likeness (QED) is 0.689. The number of nitro groups is 1. The molecule has 0 fully saturated rings. The maximum atomic E-state index is 12.2. The number of nitrogens with zero attached hydrogens (tertiary/aromatic N) is 1. The lowest BCUT2D eigenvalue weighted by atomic mass is 10.2. The molecule has 2 aromatic carbocycles. The second-order valence-corrected chi connectivity index (χ2v) is 6.49. The van der Waals surface area contributed by atoms with Gasteiger partial charge in [0, 0.05) is 17.2 Å². The van der Waals surface area contributed by atoms with Crippen molar-refractivity contribution in [2.45, 2.75) is 11.8 Å². The van der Waals surface area contributed by atoms with Crippen LogP contribution in [-0.4, -0.2) is 13.3 Å². The van der Waals surface area contributed by atoms with Gasteiger partial charge in [-0.2, -0.15) is 0 Å². The van der Waals surface area contributed by atoms with Crippen LogP contribution in [0.3, 0.4) is 0 Å². The molecule has 0 saturated carbocycles. The third-order valence-electron chi connectivity index (χ3n) is 2.68. The standard InChI is InChI=1S/C13H11ClN2O4S/c1-9-2-4-13(5-3-9)21(19,20)15-11-6-10(14)7-12(8-11)16(17)18/h2-8,15H,1H3. The first-order valence-corrected chi connectivity index (χ1v) is 7.68. The van der Waals surface area contributed by atoms with Gasteiger partial charge in [0.15, 0.2) is 0 Å². The van der Waals surface area contributed by atoms with E-state index in [0.717, 1.165) is 17.7 Å². The van der Waals surface area contributed by atoms with Crippen LogP contribution in [0, 0.1) is 17.0 Å². The number of non-ortho nitro benzene ring substituents is 1. The van der Waals surface area contributed by atoms with Crippen molar-refractivity contribution in [2.75, 3.05) is 4.72 Å². The number of rotatable bonds is 4. The van der Waals surface area contributed by atoms with Gasteiger partial charge >= 0.3 is 0 Å². The van der Waals surface area contributed by atoms with E-state index in [0.29, 0.717) is 0 Å². The van der Waals surface area contributed by atoms with Gasteiger partial charge in [0.2, 0.25) is 0 Å². The van der Waals surface area contributed by atoms with Crippen LogP contribution >= 0.6 is 11.6 Å². The number of nitrogens with one attached hydrogen (secondary N) is 1. The molecule has 0 radical (unpaired) electrons. The minimum absolute atomic E-state index is 0.0368. The molecule has 0 heterocycles. The zero-order valence-electron chi connectivity index (χ0n) is 10.9. The molecule has 0 aliphatic rings. The number of hydrogen-bond acceptors (Lipinski definition) is 4. The number of aryl methyl sites for hydroxylation is 1. The summed E-state index contributed by atoms with van der Waals surface area (Å²) in [7, 11) is -3.82. The lowest BCUT2D eigenvalue weighted by molar-refractivity contribution is -0.384. The first-order valence-electron chi connectivity index (χ1n) is 5.82. The molecule has 0 aromatic heterocycles. The second kappa shape index (κ2) is 5.71. The normalized spacial score (nSPS) is 11.1. The lowest BCUT2D eigenvalue weighted by Gasteiger charge is -2.08. The first kappa shape index (κ1) is 15.3. The van der Waals surface area contributed by atoms with Gasteiger partial charge in [0.1, 0.15) is 0 Å². The van der Waals surface area contributed by atoms with E-state index in [1.54, 1.807) is 12.1 Å². The molecule has 0 spiro atoms. The largest absolute Gasteiger partial charge is 0.279 e. The summed E-state index contributed by atoms with van der Waals surface area (Å²) in [6, 6.07) is 9.79. The Morgan fingerprint density at radius 2 is 1.76 bits per heavy atom. The van der Waals surface area contributed by atoms with Crippen molar-refractivity contribution < 1.29 is 13.3 Å². The second-order valence-electron chi connectivity index (χ2n) is 4.37. The molecule has 0 aliphatic heterocycles. The number of anilines is 1. The summed E-state index contributed by atoms with van der Waals surface area (Å²) in [4.78, 5) is 10.2. The molecule has 0 unspecified atom stereocenters. The van der Waals surface area contributed by atoms with Gasteiger partial charge in [-0.15, -0.1) is 0 Å². The Labute approximate surface area is 126 Å². The van der Waals surface area contributed by atoms with Crippen molar-refractivity contribution in [2.24, 2.45) is 0 Å². The smallest absolute Gasteiger partial charge is 0.273 e. The van der Waals surface area contributed by atoms with Crippen LogP contribution in [0.2, 0.25) is 5.02 Å². The van der Waals surface area contributed by atoms with E-state index in [2.05, 4.69) is 4.72 Å². The summed E-state index contributed by atoms with van der Waals surface area (Å²) in [6.45, 7) is 1.84. The molecule has 110 valence electrons. The fourth-order valence-electron chi connectivity index (χ4n) is 1.67. The van der Waals surface area contributed by atoms with E-state index in [4.69, 9.17) is 11.6 Å². The van der Waals surface area contributed by atoms with Crippen LogP contribution in [0.4, 0.5) is 11.4 Å². The highest BCUT2D eigenvalue weighted by atomic mass is 35.5. The van der Waals surface area contributed by atoms with Gasteiger partial charge in [0.25, 0.3) is 15.7 Å². The van der Waals surface area contributed by atoms with Gasteiger partial charge in [-0.05, 0) is 25.1 Å². The molecule has 0 amide bonds. The topological polar surface area (TPSA) is 89.3 Å². The molecule has 21 heavy (non-hydrogen) atoms. The summed E-state index contributed by atoms with van der Waals surface area (Å²) in [5.74, 6) is 0. The number of halogens is 1. The Morgan fingerprint density at radius 3 is 2.33 bits per heavy atom. The fraction of sp³-hybridized carbons (Fsp3) is 0.0769. The van der Waals surface area contributed by atoms with E-state index in [-0.39, 0.29) is 21.3 Å². The summed E-state index contributed by atoms with van der Waals surface area (Å²) >= 11 is 5.75. The van der Waals surface area contributed by atoms with E-state index in [1.165, 1.54) is 18.2 Å². The summed E-state index contributed by atoms with van der Waals surface area (Å²) in [6.07, 6.45) is 0. The van der Waals surface area contributed by atoms with Crippen molar-refractivity contribution in [1.29, 1.82) is 0 Å². The third-order valence-corrected chi connectivity index (χ3v) is 4.29. The van der Waals surface area contributed by atoms with Crippen LogP contribution in [0.1, 0.15) is 5.56 Å². The van der Waals surface area contributed by atoms with E-state index < -0.39 is 14.9 Å². The highest BCUT2D eigenvalue weighted by Gasteiger charge is 2.16. The molecule has 1 N–H and O–H groups in total. The van der Waals surface area contributed by atoms with Gasteiger partial charge in [-0.1, -0.05) is 29.3 Å². The minimum atomic E-state index is -3.82. The Bertz CT molecular complexity index is 788. The molecular formula is C13H11ClN2O4S. The maximum absolute atomic E-state index is 12.2. The number of benzene rings is 2. The lowest BCUT2D eigenvalue weighted by Crippen LogP contribution is -2.13. The fourth-order valence-corrected chi connectivity index (χ4v) is 2.94. The van der Waals surface area contributed by atoms with Gasteiger partial charge in [-0.3, -0.25) is 14.8 Å². The Kier molecular flexibility index (Phi) is 4.15. The van der Waals surface area contributed by atoms with E-state index in [9.17, 15) is 18.5 Å². The predicted octanol–water partition coefficient (Wildman–Crippen LogP) is 3.36. The van der Waals surface area contributed by atoms with Crippen molar-refractivity contribution in [1.82, 2.24) is 0 Å². The monoisotopic (exact) mass is 326 g/mol. The van der Waals surface area contributed by atoms with Crippen LogP contribution in [0.5, 0.6) is 0 Å². The van der Waals surface area contributed by atoms with Crippen molar-refractivity contribution >= 4 is 33.0 Å². The zero-order chi connectivity index (χ0) is 15.6. The number of sulfonamides is 1. The molecule has 0 saturated heterocycles. The summed E-state index contributed by atoms with van der Waals surface area (Å²) in [5.41, 5.74) is 0.672. The molecule has 0 aliphatic carbocycles. The molecule has 2 aromatic rings. The molecule has 8 heteroatoms. The zero-order valence-corrected chi connectivity index (χ0v) is 12.5. The summed E-state index contributed by atoms with van der Waals surface area (Å²) in [5, 5.41) is 10.8.